The molecule has 1 aromatic rings. The molecule has 0 bridgehead atoms. The lowest BCUT2D eigenvalue weighted by Gasteiger charge is -2.05. The minimum Gasteiger partial charge on any atom is -0.480 e. The Morgan fingerprint density at radius 2 is 2.17 bits per heavy atom. The second-order valence-corrected chi connectivity index (χ2v) is 4.89. The normalized spacial score (nSPS) is 10.2. The molecular formula is C11H19N3O3S. The fourth-order valence-corrected chi connectivity index (χ4v) is 2.20. The molecule has 0 unspecified atom stereocenters. The van der Waals surface area contributed by atoms with Gasteiger partial charge < -0.3 is 19.7 Å². The van der Waals surface area contributed by atoms with E-state index in [1.54, 1.807) is 18.4 Å². The number of nitrogens with one attached hydrogen (secondary N) is 1. The maximum atomic E-state index is 10.9. The second-order valence-electron chi connectivity index (χ2n) is 3.83. The zero-order valence-corrected chi connectivity index (χ0v) is 12.0. The topological polar surface area (TPSA) is 63.7 Å². The predicted octanol–water partition coefficient (Wildman–Crippen LogP) is 0.870. The summed E-state index contributed by atoms with van der Waals surface area (Å²) in [5.74, 6) is 0.419. The van der Waals surface area contributed by atoms with Gasteiger partial charge in [-0.3, -0.25) is 4.79 Å². The smallest absolute Gasteiger partial charge is 0.306 e. The first-order valence-corrected chi connectivity index (χ1v) is 6.38. The molecule has 0 spiro atoms. The lowest BCUT2D eigenvalue weighted by molar-refractivity contribution is -0.140. The fraction of sp³-hybridized carbons (Fsp3) is 0.636. The zero-order chi connectivity index (χ0) is 13.5. The van der Waals surface area contributed by atoms with Gasteiger partial charge in [0.1, 0.15) is 0 Å². The van der Waals surface area contributed by atoms with Gasteiger partial charge in [0, 0.05) is 27.2 Å². The predicted molar refractivity (Wildman–Crippen MR) is 71.3 cm³/mol. The van der Waals surface area contributed by atoms with E-state index in [2.05, 4.69) is 15.0 Å². The first-order chi connectivity index (χ1) is 8.58. The number of rotatable bonds is 7. The van der Waals surface area contributed by atoms with E-state index in [-0.39, 0.29) is 5.97 Å². The Bertz CT molecular complexity index is 393. The maximum absolute atomic E-state index is 10.9. The number of hydrogen-bond donors (Lipinski definition) is 1. The Kier molecular flexibility index (Phi) is 5.87. The molecule has 0 aliphatic heterocycles. The SMILES string of the molecule is COC(=O)CCNCc1sc(N(C)C)nc1OC. The molecule has 0 atom stereocenters. The quantitative estimate of drug-likeness (QED) is 0.587. The summed E-state index contributed by atoms with van der Waals surface area (Å²) in [6.07, 6.45) is 0.359. The Morgan fingerprint density at radius 3 is 2.72 bits per heavy atom. The van der Waals surface area contributed by atoms with Crippen LogP contribution in [0.15, 0.2) is 0 Å². The van der Waals surface area contributed by atoms with E-state index < -0.39 is 0 Å². The van der Waals surface area contributed by atoms with Crippen molar-refractivity contribution in [3.8, 4) is 5.88 Å². The summed E-state index contributed by atoms with van der Waals surface area (Å²) in [4.78, 5) is 18.2. The fourth-order valence-electron chi connectivity index (χ4n) is 1.28. The number of hydrogen-bond acceptors (Lipinski definition) is 7. The van der Waals surface area contributed by atoms with Gasteiger partial charge in [-0.15, -0.1) is 0 Å². The van der Waals surface area contributed by atoms with Crippen molar-refractivity contribution in [1.29, 1.82) is 0 Å². The van der Waals surface area contributed by atoms with Crippen LogP contribution in [0.1, 0.15) is 11.3 Å². The minimum atomic E-state index is -0.215. The molecule has 1 N–H and O–H groups in total. The number of anilines is 1. The molecule has 7 heteroatoms. The Hall–Kier alpha value is -1.34. The molecule has 0 aliphatic rings. The number of carbonyl (C=O) groups excluding carboxylic acids is 1. The Balaban J connectivity index is 2.48. The van der Waals surface area contributed by atoms with Crippen molar-refractivity contribution in [2.24, 2.45) is 0 Å². The van der Waals surface area contributed by atoms with Gasteiger partial charge in [-0.2, -0.15) is 4.98 Å². The molecule has 0 radical (unpaired) electrons. The van der Waals surface area contributed by atoms with Gasteiger partial charge in [0.05, 0.1) is 25.5 Å². The van der Waals surface area contributed by atoms with Gasteiger partial charge in [-0.05, 0) is 0 Å². The number of aromatic nitrogens is 1. The van der Waals surface area contributed by atoms with Crippen LogP contribution in [0.25, 0.3) is 0 Å². The molecule has 0 amide bonds. The van der Waals surface area contributed by atoms with E-state index in [1.165, 1.54) is 7.11 Å². The van der Waals surface area contributed by atoms with Gasteiger partial charge in [-0.1, -0.05) is 11.3 Å². The molecule has 0 aromatic carbocycles. The first kappa shape index (κ1) is 14.7. The van der Waals surface area contributed by atoms with Gasteiger partial charge in [0.25, 0.3) is 0 Å². The van der Waals surface area contributed by atoms with Gasteiger partial charge in [0.2, 0.25) is 5.88 Å². The van der Waals surface area contributed by atoms with Crippen molar-refractivity contribution in [1.82, 2.24) is 10.3 Å². The molecule has 6 nitrogen and oxygen atoms in total. The van der Waals surface area contributed by atoms with Crippen LogP contribution in [0.5, 0.6) is 5.88 Å². The van der Waals surface area contributed by atoms with E-state index in [0.717, 1.165) is 10.0 Å². The van der Waals surface area contributed by atoms with Crippen molar-refractivity contribution >= 4 is 22.4 Å². The average molecular weight is 273 g/mol. The third kappa shape index (κ3) is 4.15. The number of ether oxygens (including phenoxy) is 2. The van der Waals surface area contributed by atoms with E-state index >= 15 is 0 Å². The van der Waals surface area contributed by atoms with E-state index in [9.17, 15) is 4.79 Å². The molecule has 102 valence electrons. The van der Waals surface area contributed by atoms with Crippen molar-refractivity contribution in [2.45, 2.75) is 13.0 Å². The third-order valence-corrected chi connectivity index (χ3v) is 3.45. The Labute approximate surface area is 111 Å². The van der Waals surface area contributed by atoms with Crippen molar-refractivity contribution in [3.63, 3.8) is 0 Å². The first-order valence-electron chi connectivity index (χ1n) is 5.57. The highest BCUT2D eigenvalue weighted by atomic mass is 32.1. The van der Waals surface area contributed by atoms with Crippen LogP contribution in [-0.2, 0) is 16.1 Å². The van der Waals surface area contributed by atoms with Gasteiger partial charge >= 0.3 is 5.97 Å². The number of nitrogens with zero attached hydrogens (tertiary/aromatic N) is 2. The maximum Gasteiger partial charge on any atom is 0.306 e. The summed E-state index contributed by atoms with van der Waals surface area (Å²) in [5, 5.41) is 4.06. The summed E-state index contributed by atoms with van der Waals surface area (Å²) in [5.41, 5.74) is 0. The summed E-state index contributed by atoms with van der Waals surface area (Å²) < 4.78 is 9.78. The highest BCUT2D eigenvalue weighted by Gasteiger charge is 2.12. The summed E-state index contributed by atoms with van der Waals surface area (Å²) in [6, 6.07) is 0. The summed E-state index contributed by atoms with van der Waals surface area (Å²) in [6.45, 7) is 1.21. The van der Waals surface area contributed by atoms with Crippen LogP contribution in [0, 0.1) is 0 Å². The van der Waals surface area contributed by atoms with E-state index in [0.29, 0.717) is 25.4 Å². The van der Waals surface area contributed by atoms with Gasteiger partial charge in [-0.25, -0.2) is 0 Å². The van der Waals surface area contributed by atoms with Crippen molar-refractivity contribution in [3.05, 3.63) is 4.88 Å². The highest BCUT2D eigenvalue weighted by molar-refractivity contribution is 7.15. The van der Waals surface area contributed by atoms with Crippen LogP contribution < -0.4 is 15.0 Å². The second kappa shape index (κ2) is 7.17. The molecule has 0 saturated carbocycles. The zero-order valence-electron chi connectivity index (χ0n) is 11.1. The Morgan fingerprint density at radius 1 is 1.44 bits per heavy atom. The molecule has 18 heavy (non-hydrogen) atoms. The molecule has 0 fully saturated rings. The van der Waals surface area contributed by atoms with Crippen LogP contribution >= 0.6 is 11.3 Å². The van der Waals surface area contributed by atoms with E-state index in [4.69, 9.17) is 4.74 Å². The lowest BCUT2D eigenvalue weighted by Crippen LogP contribution is -2.18. The molecule has 0 aliphatic carbocycles. The molecule has 1 heterocycles. The van der Waals surface area contributed by atoms with Crippen LogP contribution in [0.3, 0.4) is 0 Å². The number of methoxy groups -OCH3 is 2. The largest absolute Gasteiger partial charge is 0.480 e. The highest BCUT2D eigenvalue weighted by Crippen LogP contribution is 2.29. The molecule has 1 aromatic heterocycles. The van der Waals surface area contributed by atoms with E-state index in [1.807, 2.05) is 19.0 Å². The lowest BCUT2D eigenvalue weighted by atomic mass is 10.4. The molecular weight excluding hydrogens is 254 g/mol. The number of carbonyl (C=O) groups is 1. The number of thiazole rings is 1. The third-order valence-electron chi connectivity index (χ3n) is 2.25. The monoisotopic (exact) mass is 273 g/mol. The molecule has 1 rings (SSSR count). The van der Waals surface area contributed by atoms with Gasteiger partial charge in [0.15, 0.2) is 5.13 Å². The van der Waals surface area contributed by atoms with Crippen molar-refractivity contribution in [2.75, 3.05) is 39.8 Å². The standard InChI is InChI=1S/C11H19N3O3S/c1-14(2)11-13-10(17-4)8(18-11)7-12-6-5-9(15)16-3/h12H,5-7H2,1-4H3. The summed E-state index contributed by atoms with van der Waals surface area (Å²) >= 11 is 1.57. The van der Waals surface area contributed by atoms with Crippen LogP contribution in [0.4, 0.5) is 5.13 Å². The number of esters is 1. The molecule has 0 saturated heterocycles. The van der Waals surface area contributed by atoms with Crippen LogP contribution in [-0.4, -0.2) is 45.8 Å². The average Bonchev–Trinajstić information content (AvgIpc) is 2.77. The summed E-state index contributed by atoms with van der Waals surface area (Å²) in [7, 11) is 6.86. The van der Waals surface area contributed by atoms with Crippen LogP contribution in [0.2, 0.25) is 0 Å². The minimum absolute atomic E-state index is 0.215. The van der Waals surface area contributed by atoms with Crippen molar-refractivity contribution < 1.29 is 14.3 Å².